The van der Waals surface area contributed by atoms with Gasteiger partial charge in [-0.1, -0.05) is 107 Å². The van der Waals surface area contributed by atoms with Gasteiger partial charge in [0.15, 0.2) is 0 Å². The highest BCUT2D eigenvalue weighted by molar-refractivity contribution is 7.48. The first kappa shape index (κ1) is 26.1. The Bertz CT molecular complexity index is 1290. The van der Waals surface area contributed by atoms with Gasteiger partial charge in [0.2, 0.25) is 0 Å². The number of phenolic OH excluding ortho intramolecular Hbond substituents is 1. The smallest absolute Gasteiger partial charge is 0.127 e. The number of aromatic hydroxyl groups is 1. The predicted molar refractivity (Wildman–Crippen MR) is 158 cm³/mol. The first-order valence-corrected chi connectivity index (χ1v) is 13.8. The average Bonchev–Trinajstić information content (AvgIpc) is 2.88. The third-order valence-electron chi connectivity index (χ3n) is 6.84. The van der Waals surface area contributed by atoms with Gasteiger partial charge in [0.1, 0.15) is 5.75 Å². The van der Waals surface area contributed by atoms with E-state index in [2.05, 4.69) is 113 Å². The summed E-state index contributed by atoms with van der Waals surface area (Å²) < 4.78 is 0. The van der Waals surface area contributed by atoms with E-state index in [4.69, 9.17) is 0 Å². The molecule has 0 fully saturated rings. The van der Waals surface area contributed by atoms with Gasteiger partial charge in [0, 0.05) is 28.4 Å². The standard InChI is InChI=1S/C33H38NOP/c1-6-33(5,36-30-20-14-13-19-26(30)23-34-32(2,3)4)29-22-27(24-15-9-7-10-16-24)21-28(31(29)35)25-17-11-8-12-18-25/h7-22,34-36H,6,23H2,1-5H3. The molecular formula is C33H38NOP. The van der Waals surface area contributed by atoms with E-state index in [-0.39, 0.29) is 10.7 Å². The van der Waals surface area contributed by atoms with E-state index < -0.39 is 0 Å². The summed E-state index contributed by atoms with van der Waals surface area (Å²) in [6.07, 6.45) is 0.923. The molecule has 4 rings (SSSR count). The fraction of sp³-hybridized carbons (Fsp3) is 0.273. The Hall–Kier alpha value is -2.93. The first-order chi connectivity index (χ1) is 17.2. The van der Waals surface area contributed by atoms with E-state index in [9.17, 15) is 5.11 Å². The van der Waals surface area contributed by atoms with Gasteiger partial charge in [-0.3, -0.25) is 0 Å². The molecule has 2 nitrogen and oxygen atoms in total. The number of hydrogen-bond acceptors (Lipinski definition) is 2. The van der Waals surface area contributed by atoms with Gasteiger partial charge in [-0.05, 0) is 66.9 Å². The Morgan fingerprint density at radius 3 is 1.92 bits per heavy atom. The van der Waals surface area contributed by atoms with Gasteiger partial charge in [-0.25, -0.2) is 0 Å². The van der Waals surface area contributed by atoms with Crippen LogP contribution in [0.4, 0.5) is 0 Å². The Labute approximate surface area is 218 Å². The lowest BCUT2D eigenvalue weighted by atomic mass is 9.88. The van der Waals surface area contributed by atoms with Crippen molar-refractivity contribution < 1.29 is 5.11 Å². The number of rotatable bonds is 8. The number of benzene rings is 4. The van der Waals surface area contributed by atoms with Crippen LogP contribution in [0.2, 0.25) is 0 Å². The zero-order chi connectivity index (χ0) is 25.8. The van der Waals surface area contributed by atoms with Crippen LogP contribution < -0.4 is 10.6 Å². The van der Waals surface area contributed by atoms with Crippen LogP contribution >= 0.6 is 8.58 Å². The molecule has 36 heavy (non-hydrogen) atoms. The molecule has 0 spiro atoms. The summed E-state index contributed by atoms with van der Waals surface area (Å²) in [5.74, 6) is 0.392. The highest BCUT2D eigenvalue weighted by Gasteiger charge is 2.31. The van der Waals surface area contributed by atoms with Crippen LogP contribution in [0.1, 0.15) is 52.2 Å². The topological polar surface area (TPSA) is 32.3 Å². The Morgan fingerprint density at radius 1 is 0.722 bits per heavy atom. The van der Waals surface area contributed by atoms with Crippen LogP contribution in [0.25, 0.3) is 22.3 Å². The van der Waals surface area contributed by atoms with E-state index in [0.29, 0.717) is 14.3 Å². The van der Waals surface area contributed by atoms with E-state index in [1.807, 2.05) is 24.3 Å². The van der Waals surface area contributed by atoms with Gasteiger partial charge in [0.25, 0.3) is 0 Å². The minimum Gasteiger partial charge on any atom is -0.507 e. The molecule has 0 aromatic heterocycles. The van der Waals surface area contributed by atoms with E-state index >= 15 is 0 Å². The molecule has 0 amide bonds. The van der Waals surface area contributed by atoms with Crippen molar-refractivity contribution in [1.82, 2.24) is 5.32 Å². The number of nitrogens with one attached hydrogen (secondary N) is 1. The second-order valence-corrected chi connectivity index (χ2v) is 12.6. The monoisotopic (exact) mass is 495 g/mol. The SMILES string of the molecule is CCC(C)(Pc1ccccc1CNC(C)(C)C)c1cc(-c2ccccc2)cc(-c2ccccc2)c1O. The summed E-state index contributed by atoms with van der Waals surface area (Å²) in [5, 5.41) is 16.5. The van der Waals surface area contributed by atoms with Gasteiger partial charge < -0.3 is 10.4 Å². The molecule has 0 heterocycles. The highest BCUT2D eigenvalue weighted by Crippen LogP contribution is 2.51. The van der Waals surface area contributed by atoms with Crippen molar-refractivity contribution >= 4 is 13.9 Å². The summed E-state index contributed by atoms with van der Waals surface area (Å²) in [7, 11) is 0.523. The normalized spacial score (nSPS) is 13.7. The largest absolute Gasteiger partial charge is 0.507 e. The summed E-state index contributed by atoms with van der Waals surface area (Å²) >= 11 is 0. The van der Waals surface area contributed by atoms with E-state index in [0.717, 1.165) is 40.8 Å². The third kappa shape index (κ3) is 6.06. The van der Waals surface area contributed by atoms with Crippen LogP contribution in [0, 0.1) is 0 Å². The molecule has 2 N–H and O–H groups in total. The lowest BCUT2D eigenvalue weighted by Crippen LogP contribution is -2.36. The molecule has 2 atom stereocenters. The minimum atomic E-state index is -0.212. The van der Waals surface area contributed by atoms with Crippen molar-refractivity contribution in [3.63, 3.8) is 0 Å². The van der Waals surface area contributed by atoms with Gasteiger partial charge in [-0.15, -0.1) is 0 Å². The van der Waals surface area contributed by atoms with E-state index in [1.165, 1.54) is 10.9 Å². The number of phenols is 1. The predicted octanol–water partition coefficient (Wildman–Crippen LogP) is 8.24. The van der Waals surface area contributed by atoms with Gasteiger partial charge in [-0.2, -0.15) is 0 Å². The molecule has 4 aromatic carbocycles. The summed E-state index contributed by atoms with van der Waals surface area (Å²) in [6, 6.07) is 33.8. The van der Waals surface area contributed by atoms with Crippen molar-refractivity contribution in [1.29, 1.82) is 0 Å². The zero-order valence-corrected chi connectivity index (χ0v) is 23.1. The van der Waals surface area contributed by atoms with Gasteiger partial charge >= 0.3 is 0 Å². The maximum atomic E-state index is 11.7. The average molecular weight is 496 g/mol. The molecule has 0 bridgehead atoms. The summed E-state index contributed by atoms with van der Waals surface area (Å²) in [6.45, 7) is 12.0. The first-order valence-electron chi connectivity index (χ1n) is 12.8. The molecule has 0 aliphatic rings. The van der Waals surface area contributed by atoms with Crippen molar-refractivity contribution in [2.24, 2.45) is 0 Å². The third-order valence-corrected chi connectivity index (χ3v) is 8.77. The molecule has 0 aliphatic heterocycles. The van der Waals surface area contributed by atoms with Crippen molar-refractivity contribution in [3.05, 3.63) is 108 Å². The van der Waals surface area contributed by atoms with Gasteiger partial charge in [0.05, 0.1) is 0 Å². The fourth-order valence-corrected chi connectivity index (χ4v) is 6.10. The molecule has 0 saturated heterocycles. The Morgan fingerprint density at radius 2 is 1.31 bits per heavy atom. The molecule has 0 radical (unpaired) electrons. The molecule has 3 heteroatoms. The zero-order valence-electron chi connectivity index (χ0n) is 22.1. The molecule has 4 aromatic rings. The lowest BCUT2D eigenvalue weighted by Gasteiger charge is -2.32. The van der Waals surface area contributed by atoms with Crippen LogP contribution in [0.15, 0.2) is 97.1 Å². The molecule has 0 aliphatic carbocycles. The second-order valence-electron chi connectivity index (χ2n) is 10.7. The summed E-state index contributed by atoms with van der Waals surface area (Å²) in [5.41, 5.74) is 6.61. The Kier molecular flexibility index (Phi) is 7.98. The maximum absolute atomic E-state index is 11.7. The van der Waals surface area contributed by atoms with Crippen LogP contribution in [0.5, 0.6) is 5.75 Å². The second kappa shape index (κ2) is 11.0. The van der Waals surface area contributed by atoms with Crippen molar-refractivity contribution in [2.45, 2.75) is 58.3 Å². The quantitative estimate of drug-likeness (QED) is 0.241. The molecular weight excluding hydrogens is 457 g/mol. The minimum absolute atomic E-state index is 0.0527. The van der Waals surface area contributed by atoms with Crippen LogP contribution in [-0.2, 0) is 11.7 Å². The van der Waals surface area contributed by atoms with Crippen molar-refractivity contribution in [3.8, 4) is 28.0 Å². The molecule has 0 saturated carbocycles. The highest BCUT2D eigenvalue weighted by atomic mass is 31.1. The lowest BCUT2D eigenvalue weighted by molar-refractivity contribution is 0.425. The maximum Gasteiger partial charge on any atom is 0.127 e. The summed E-state index contributed by atoms with van der Waals surface area (Å²) in [4.78, 5) is 0. The molecule has 186 valence electrons. The fourth-order valence-electron chi connectivity index (χ4n) is 4.49. The van der Waals surface area contributed by atoms with Crippen LogP contribution in [0.3, 0.4) is 0 Å². The Balaban J connectivity index is 1.83. The van der Waals surface area contributed by atoms with E-state index in [1.54, 1.807) is 0 Å². The molecule has 2 unspecified atom stereocenters. The van der Waals surface area contributed by atoms with Crippen molar-refractivity contribution in [2.75, 3.05) is 0 Å². The number of hydrogen-bond donors (Lipinski definition) is 2. The van der Waals surface area contributed by atoms with Crippen LogP contribution in [-0.4, -0.2) is 10.6 Å².